The standard InChI is InChI=1S/C28H34N6O3/c29-24(21-3-1-2-4-25(21)35)13-22-23(16-31-26(22)30)18-9-11-34(12-10-18)28-32-14-20(15-33-28)17-5-7-19(8-6-17)27(36)37/h1-4,13-19,31,35H,5-12,29-30H2,(H,36,37)/b24-13-. The Kier molecular flexibility index (Phi) is 7.03. The van der Waals surface area contributed by atoms with Gasteiger partial charge in [0.25, 0.3) is 0 Å². The van der Waals surface area contributed by atoms with Crippen LogP contribution in [0.2, 0.25) is 0 Å². The Labute approximate surface area is 216 Å². The summed E-state index contributed by atoms with van der Waals surface area (Å²) >= 11 is 0. The second-order valence-corrected chi connectivity index (χ2v) is 10.2. The molecule has 37 heavy (non-hydrogen) atoms. The molecule has 0 spiro atoms. The molecule has 194 valence electrons. The van der Waals surface area contributed by atoms with Crippen molar-refractivity contribution in [2.45, 2.75) is 50.4 Å². The Morgan fingerprint density at radius 3 is 2.35 bits per heavy atom. The van der Waals surface area contributed by atoms with Crippen LogP contribution in [0.5, 0.6) is 5.75 Å². The molecule has 0 atom stereocenters. The number of carboxylic acid groups (broad SMARTS) is 1. The van der Waals surface area contributed by atoms with Crippen molar-refractivity contribution in [2.24, 2.45) is 11.7 Å². The molecule has 7 N–H and O–H groups in total. The van der Waals surface area contributed by atoms with E-state index in [-0.39, 0.29) is 11.7 Å². The van der Waals surface area contributed by atoms with Gasteiger partial charge in [-0.3, -0.25) is 4.79 Å². The molecule has 1 saturated heterocycles. The van der Waals surface area contributed by atoms with E-state index in [0.717, 1.165) is 61.4 Å². The number of phenols is 1. The predicted octanol–water partition coefficient (Wildman–Crippen LogP) is 4.29. The van der Waals surface area contributed by atoms with Crippen LogP contribution in [0.25, 0.3) is 11.8 Å². The van der Waals surface area contributed by atoms with E-state index < -0.39 is 5.97 Å². The number of nitrogens with one attached hydrogen (secondary N) is 1. The van der Waals surface area contributed by atoms with E-state index in [1.807, 2.05) is 30.7 Å². The Hall–Kier alpha value is -4.01. The third-order valence-corrected chi connectivity index (χ3v) is 7.92. The minimum Gasteiger partial charge on any atom is -0.507 e. The van der Waals surface area contributed by atoms with Crippen LogP contribution < -0.4 is 16.4 Å². The highest BCUT2D eigenvalue weighted by Gasteiger charge is 2.28. The number of hydrogen-bond acceptors (Lipinski definition) is 7. The molecule has 2 fully saturated rings. The number of aromatic nitrogens is 3. The number of para-hydroxylation sites is 1. The van der Waals surface area contributed by atoms with Crippen LogP contribution in [0.15, 0.2) is 42.9 Å². The molecule has 9 nitrogen and oxygen atoms in total. The van der Waals surface area contributed by atoms with Crippen LogP contribution in [-0.4, -0.2) is 44.2 Å². The SMILES string of the molecule is N/C(=C\c1c(C2CCN(c3ncc(C4CCC(C(=O)O)CC4)cn3)CC2)c[nH]c1N)c1ccccc1O. The summed E-state index contributed by atoms with van der Waals surface area (Å²) in [5.74, 6) is 1.19. The average Bonchev–Trinajstić information content (AvgIpc) is 3.28. The number of aliphatic carboxylic acids is 1. The van der Waals surface area contributed by atoms with E-state index in [4.69, 9.17) is 11.5 Å². The van der Waals surface area contributed by atoms with Crippen LogP contribution in [0, 0.1) is 5.92 Å². The third-order valence-electron chi connectivity index (χ3n) is 7.92. The zero-order valence-corrected chi connectivity index (χ0v) is 20.8. The van der Waals surface area contributed by atoms with Gasteiger partial charge in [0.15, 0.2) is 0 Å². The van der Waals surface area contributed by atoms with E-state index in [2.05, 4.69) is 19.9 Å². The zero-order chi connectivity index (χ0) is 25.9. The number of aromatic hydroxyl groups is 1. The van der Waals surface area contributed by atoms with E-state index in [1.54, 1.807) is 18.2 Å². The summed E-state index contributed by atoms with van der Waals surface area (Å²) in [6, 6.07) is 7.01. The maximum Gasteiger partial charge on any atom is 0.306 e. The lowest BCUT2D eigenvalue weighted by Gasteiger charge is -2.32. The number of hydrogen-bond donors (Lipinski definition) is 5. The van der Waals surface area contributed by atoms with Crippen molar-refractivity contribution >= 4 is 29.5 Å². The number of rotatable bonds is 6. The van der Waals surface area contributed by atoms with Crippen molar-refractivity contribution in [3.63, 3.8) is 0 Å². The number of nitrogens with two attached hydrogens (primary N) is 2. The lowest BCUT2D eigenvalue weighted by atomic mass is 9.79. The van der Waals surface area contributed by atoms with Crippen LogP contribution >= 0.6 is 0 Å². The number of carboxylic acids is 1. The molecule has 1 aromatic carbocycles. The number of piperidine rings is 1. The number of anilines is 2. The Morgan fingerprint density at radius 2 is 1.70 bits per heavy atom. The summed E-state index contributed by atoms with van der Waals surface area (Å²) in [5.41, 5.74) is 16.7. The van der Waals surface area contributed by atoms with Gasteiger partial charge in [-0.1, -0.05) is 12.1 Å². The first-order valence-corrected chi connectivity index (χ1v) is 12.9. The highest BCUT2D eigenvalue weighted by molar-refractivity contribution is 5.85. The van der Waals surface area contributed by atoms with Gasteiger partial charge in [-0.05, 0) is 79.7 Å². The number of nitrogen functional groups attached to an aromatic ring is 1. The minimum absolute atomic E-state index is 0.138. The van der Waals surface area contributed by atoms with Gasteiger partial charge in [-0.25, -0.2) is 9.97 Å². The first-order chi connectivity index (χ1) is 17.9. The largest absolute Gasteiger partial charge is 0.507 e. The first-order valence-electron chi connectivity index (χ1n) is 12.9. The summed E-state index contributed by atoms with van der Waals surface area (Å²) in [6.45, 7) is 1.66. The number of aromatic amines is 1. The normalized spacial score (nSPS) is 21.2. The summed E-state index contributed by atoms with van der Waals surface area (Å²) < 4.78 is 0. The molecule has 1 aliphatic carbocycles. The van der Waals surface area contributed by atoms with Crippen molar-refractivity contribution < 1.29 is 15.0 Å². The fourth-order valence-electron chi connectivity index (χ4n) is 5.69. The van der Waals surface area contributed by atoms with Crippen LogP contribution in [0.4, 0.5) is 11.8 Å². The molecule has 1 aliphatic heterocycles. The van der Waals surface area contributed by atoms with Gasteiger partial charge in [0, 0.05) is 48.5 Å². The summed E-state index contributed by atoms with van der Waals surface area (Å²) in [7, 11) is 0. The van der Waals surface area contributed by atoms with Crippen molar-refractivity contribution in [3.8, 4) is 5.75 Å². The minimum atomic E-state index is -0.683. The molecule has 5 rings (SSSR count). The molecule has 0 amide bonds. The molecule has 2 aromatic heterocycles. The molecule has 0 radical (unpaired) electrons. The summed E-state index contributed by atoms with van der Waals surface area (Å²) in [6.07, 6.45) is 12.7. The Bertz CT molecular complexity index is 1270. The number of benzene rings is 1. The molecular weight excluding hydrogens is 468 g/mol. The van der Waals surface area contributed by atoms with Gasteiger partial charge in [-0.2, -0.15) is 0 Å². The number of carbonyl (C=O) groups is 1. The summed E-state index contributed by atoms with van der Waals surface area (Å²) in [4.78, 5) is 25.9. The third kappa shape index (κ3) is 5.26. The number of phenolic OH excluding ortho intramolecular Hbond substituents is 1. The second-order valence-electron chi connectivity index (χ2n) is 10.2. The number of nitrogens with zero attached hydrogens (tertiary/aromatic N) is 3. The lowest BCUT2D eigenvalue weighted by Crippen LogP contribution is -2.34. The molecule has 3 heterocycles. The van der Waals surface area contributed by atoms with E-state index in [9.17, 15) is 15.0 Å². The maximum absolute atomic E-state index is 11.2. The molecule has 9 heteroatoms. The molecule has 1 saturated carbocycles. The highest BCUT2D eigenvalue weighted by atomic mass is 16.4. The molecule has 0 unspecified atom stereocenters. The van der Waals surface area contributed by atoms with Gasteiger partial charge in [0.05, 0.1) is 5.92 Å². The second kappa shape index (κ2) is 10.5. The van der Waals surface area contributed by atoms with Gasteiger partial charge in [0.2, 0.25) is 5.95 Å². The number of H-pyrrole nitrogens is 1. The monoisotopic (exact) mass is 502 g/mol. The van der Waals surface area contributed by atoms with Gasteiger partial charge >= 0.3 is 5.97 Å². The topological polar surface area (TPSA) is 154 Å². The lowest BCUT2D eigenvalue weighted by molar-refractivity contribution is -0.142. The van der Waals surface area contributed by atoms with Crippen LogP contribution in [-0.2, 0) is 4.79 Å². The van der Waals surface area contributed by atoms with Gasteiger partial charge < -0.3 is 31.6 Å². The van der Waals surface area contributed by atoms with E-state index in [0.29, 0.717) is 41.8 Å². The predicted molar refractivity (Wildman–Crippen MR) is 144 cm³/mol. The molecule has 2 aliphatic rings. The molecular formula is C28H34N6O3. The van der Waals surface area contributed by atoms with Crippen LogP contribution in [0.3, 0.4) is 0 Å². The van der Waals surface area contributed by atoms with Gasteiger partial charge in [0.1, 0.15) is 11.6 Å². The Morgan fingerprint density at radius 1 is 1.03 bits per heavy atom. The zero-order valence-electron chi connectivity index (χ0n) is 20.8. The fourth-order valence-corrected chi connectivity index (χ4v) is 5.69. The maximum atomic E-state index is 11.2. The van der Waals surface area contributed by atoms with Gasteiger partial charge in [-0.15, -0.1) is 0 Å². The van der Waals surface area contributed by atoms with Crippen molar-refractivity contribution in [3.05, 3.63) is 65.1 Å². The average molecular weight is 503 g/mol. The fraction of sp³-hybridized carbons (Fsp3) is 0.393. The quantitative estimate of drug-likeness (QED) is 0.334. The summed E-state index contributed by atoms with van der Waals surface area (Å²) in [5, 5.41) is 19.4. The van der Waals surface area contributed by atoms with Crippen molar-refractivity contribution in [1.82, 2.24) is 15.0 Å². The van der Waals surface area contributed by atoms with Crippen molar-refractivity contribution in [2.75, 3.05) is 23.7 Å². The van der Waals surface area contributed by atoms with Crippen molar-refractivity contribution in [1.29, 1.82) is 0 Å². The molecule has 3 aromatic rings. The highest BCUT2D eigenvalue weighted by Crippen LogP contribution is 2.37. The van der Waals surface area contributed by atoms with E-state index in [1.165, 1.54) is 0 Å². The Balaban J connectivity index is 1.22. The first kappa shape index (κ1) is 24.7. The van der Waals surface area contributed by atoms with Crippen LogP contribution in [0.1, 0.15) is 72.6 Å². The molecule has 0 bridgehead atoms. The van der Waals surface area contributed by atoms with E-state index >= 15 is 0 Å². The smallest absolute Gasteiger partial charge is 0.306 e.